The van der Waals surface area contributed by atoms with E-state index >= 15 is 0 Å². The van der Waals surface area contributed by atoms with Crippen LogP contribution >= 0.6 is 0 Å². The van der Waals surface area contributed by atoms with Gasteiger partial charge in [-0.3, -0.25) is 14.6 Å². The van der Waals surface area contributed by atoms with Gasteiger partial charge in [-0.25, -0.2) is 0 Å². The summed E-state index contributed by atoms with van der Waals surface area (Å²) >= 11 is 0. The summed E-state index contributed by atoms with van der Waals surface area (Å²) < 4.78 is 0. The van der Waals surface area contributed by atoms with Crippen LogP contribution in [-0.4, -0.2) is 65.9 Å². The van der Waals surface area contributed by atoms with E-state index in [1.807, 2.05) is 4.90 Å². The van der Waals surface area contributed by atoms with Crippen molar-refractivity contribution in [1.82, 2.24) is 20.1 Å². The molecule has 1 aliphatic rings. The summed E-state index contributed by atoms with van der Waals surface area (Å²) in [5.74, 6) is 0.0980. The summed E-state index contributed by atoms with van der Waals surface area (Å²) in [5.41, 5.74) is 0.479. The summed E-state index contributed by atoms with van der Waals surface area (Å²) in [6.45, 7) is 7.29. The van der Waals surface area contributed by atoms with Crippen LogP contribution < -0.4 is 5.32 Å². The van der Waals surface area contributed by atoms with E-state index in [2.05, 4.69) is 36.1 Å². The number of pyridine rings is 1. The molecule has 2 amide bonds. The number of rotatable bonds is 5. The number of hydrogen-bond donors (Lipinski definition) is 1. The highest BCUT2D eigenvalue weighted by Crippen LogP contribution is 2.11. The Kier molecular flexibility index (Phi) is 6.10. The predicted octanol–water partition coefficient (Wildman–Crippen LogP) is 1.00. The fraction of sp³-hybridized carbons (Fsp3) is 0.588. The van der Waals surface area contributed by atoms with Crippen LogP contribution in [0.2, 0.25) is 0 Å². The highest BCUT2D eigenvalue weighted by molar-refractivity contribution is 5.97. The largest absolute Gasteiger partial charge is 0.340 e. The Bertz CT molecular complexity index is 525. The number of hydrogen-bond acceptors (Lipinski definition) is 4. The van der Waals surface area contributed by atoms with Gasteiger partial charge >= 0.3 is 0 Å². The quantitative estimate of drug-likeness (QED) is 0.880. The second kappa shape index (κ2) is 8.06. The minimum Gasteiger partial charge on any atom is -0.340 e. The molecule has 2 heterocycles. The lowest BCUT2D eigenvalue weighted by atomic mass is 10.0. The van der Waals surface area contributed by atoms with Gasteiger partial charge in [-0.05, 0) is 31.5 Å². The maximum absolute atomic E-state index is 12.8. The summed E-state index contributed by atoms with van der Waals surface area (Å²) in [6.07, 6.45) is 3.77. The predicted molar refractivity (Wildman–Crippen MR) is 89.0 cm³/mol. The van der Waals surface area contributed by atoms with Crippen LogP contribution in [0.1, 0.15) is 30.6 Å². The van der Waals surface area contributed by atoms with Crippen molar-refractivity contribution in [3.05, 3.63) is 30.1 Å². The lowest BCUT2D eigenvalue weighted by Gasteiger charge is -2.35. The zero-order valence-electron chi connectivity index (χ0n) is 14.2. The molecule has 1 N–H and O–H groups in total. The average Bonchev–Trinajstić information content (AvgIpc) is 2.54. The molecule has 6 nitrogen and oxygen atoms in total. The number of aromatic nitrogens is 1. The number of piperazine rings is 1. The molecule has 0 aliphatic carbocycles. The average molecular weight is 318 g/mol. The molecule has 1 saturated heterocycles. The third kappa shape index (κ3) is 5.03. The number of nitrogens with zero attached hydrogens (tertiary/aromatic N) is 3. The molecular weight excluding hydrogens is 292 g/mol. The molecule has 1 aromatic heterocycles. The molecule has 2 rings (SSSR count). The van der Waals surface area contributed by atoms with Gasteiger partial charge in [-0.1, -0.05) is 13.8 Å². The van der Waals surface area contributed by atoms with Gasteiger partial charge in [-0.15, -0.1) is 0 Å². The van der Waals surface area contributed by atoms with Gasteiger partial charge in [0.1, 0.15) is 6.04 Å². The first-order valence-corrected chi connectivity index (χ1v) is 8.15. The van der Waals surface area contributed by atoms with Gasteiger partial charge in [0.2, 0.25) is 5.91 Å². The highest BCUT2D eigenvalue weighted by atomic mass is 16.2. The molecule has 126 valence electrons. The van der Waals surface area contributed by atoms with Crippen LogP contribution in [0.5, 0.6) is 0 Å². The van der Waals surface area contributed by atoms with Gasteiger partial charge < -0.3 is 15.1 Å². The molecule has 0 unspecified atom stereocenters. The number of amides is 2. The van der Waals surface area contributed by atoms with Crippen LogP contribution in [0.25, 0.3) is 0 Å². The first-order valence-electron chi connectivity index (χ1n) is 8.15. The van der Waals surface area contributed by atoms with Crippen molar-refractivity contribution in [1.29, 1.82) is 0 Å². The van der Waals surface area contributed by atoms with E-state index in [4.69, 9.17) is 0 Å². The van der Waals surface area contributed by atoms with Crippen LogP contribution in [0.4, 0.5) is 0 Å². The summed E-state index contributed by atoms with van der Waals surface area (Å²) in [7, 11) is 2.05. The fourth-order valence-electron chi connectivity index (χ4n) is 2.68. The monoisotopic (exact) mass is 318 g/mol. The van der Waals surface area contributed by atoms with Crippen molar-refractivity contribution in [3.8, 4) is 0 Å². The van der Waals surface area contributed by atoms with Crippen molar-refractivity contribution in [2.75, 3.05) is 33.2 Å². The molecule has 1 atom stereocenters. The molecule has 1 aromatic rings. The molecule has 0 bridgehead atoms. The van der Waals surface area contributed by atoms with Gasteiger partial charge in [-0.2, -0.15) is 0 Å². The first kappa shape index (κ1) is 17.4. The Labute approximate surface area is 137 Å². The van der Waals surface area contributed by atoms with E-state index in [1.54, 1.807) is 18.3 Å². The van der Waals surface area contributed by atoms with Crippen molar-refractivity contribution in [2.45, 2.75) is 26.3 Å². The van der Waals surface area contributed by atoms with Gasteiger partial charge in [0.15, 0.2) is 0 Å². The third-order valence-corrected chi connectivity index (χ3v) is 4.05. The lowest BCUT2D eigenvalue weighted by molar-refractivity contribution is -0.135. The SMILES string of the molecule is CC(C)C[C@H](NC(=O)c1cccnc1)C(=O)N1CCN(C)CC1. The normalized spacial score (nSPS) is 17.1. The maximum Gasteiger partial charge on any atom is 0.253 e. The van der Waals surface area contributed by atoms with Crippen LogP contribution in [0.15, 0.2) is 24.5 Å². The molecule has 0 radical (unpaired) electrons. The Morgan fingerprint density at radius 1 is 1.26 bits per heavy atom. The van der Waals surface area contributed by atoms with E-state index in [0.29, 0.717) is 31.0 Å². The second-order valence-electron chi connectivity index (χ2n) is 6.53. The zero-order chi connectivity index (χ0) is 16.8. The molecule has 0 aromatic carbocycles. The molecule has 0 spiro atoms. The maximum atomic E-state index is 12.8. The topological polar surface area (TPSA) is 65.5 Å². The van der Waals surface area contributed by atoms with Gasteiger partial charge in [0.25, 0.3) is 5.91 Å². The molecule has 1 fully saturated rings. The summed E-state index contributed by atoms with van der Waals surface area (Å²) in [6, 6.07) is 2.94. The van der Waals surface area contributed by atoms with E-state index in [9.17, 15) is 9.59 Å². The van der Waals surface area contributed by atoms with Gasteiger partial charge in [0.05, 0.1) is 5.56 Å². The number of carbonyl (C=O) groups is 2. The smallest absolute Gasteiger partial charge is 0.253 e. The van der Waals surface area contributed by atoms with Crippen LogP contribution in [-0.2, 0) is 4.79 Å². The summed E-state index contributed by atoms with van der Waals surface area (Å²) in [4.78, 5) is 33.1. The lowest BCUT2D eigenvalue weighted by Crippen LogP contribution is -2.54. The number of nitrogens with one attached hydrogen (secondary N) is 1. The minimum absolute atomic E-state index is 0.0176. The molecular formula is C17H26N4O2. The van der Waals surface area contributed by atoms with Crippen molar-refractivity contribution >= 4 is 11.8 Å². The van der Waals surface area contributed by atoms with Crippen LogP contribution in [0, 0.1) is 5.92 Å². The molecule has 0 saturated carbocycles. The van der Waals surface area contributed by atoms with E-state index in [-0.39, 0.29) is 11.8 Å². The van der Waals surface area contributed by atoms with E-state index < -0.39 is 6.04 Å². The number of carbonyl (C=O) groups excluding carboxylic acids is 2. The number of likely N-dealkylation sites (N-methyl/N-ethyl adjacent to an activating group) is 1. The molecule has 23 heavy (non-hydrogen) atoms. The van der Waals surface area contributed by atoms with Gasteiger partial charge in [0, 0.05) is 38.6 Å². The fourth-order valence-corrected chi connectivity index (χ4v) is 2.68. The Morgan fingerprint density at radius 2 is 1.96 bits per heavy atom. The van der Waals surface area contributed by atoms with E-state index in [1.165, 1.54) is 6.20 Å². The highest BCUT2D eigenvalue weighted by Gasteiger charge is 2.28. The summed E-state index contributed by atoms with van der Waals surface area (Å²) in [5, 5.41) is 2.89. The van der Waals surface area contributed by atoms with E-state index in [0.717, 1.165) is 13.1 Å². The van der Waals surface area contributed by atoms with Crippen molar-refractivity contribution in [3.63, 3.8) is 0 Å². The zero-order valence-corrected chi connectivity index (χ0v) is 14.2. The molecule has 1 aliphatic heterocycles. The second-order valence-corrected chi connectivity index (χ2v) is 6.53. The minimum atomic E-state index is -0.480. The Balaban J connectivity index is 2.04. The van der Waals surface area contributed by atoms with Crippen molar-refractivity contribution in [2.24, 2.45) is 5.92 Å². The standard InChI is InChI=1S/C17H26N4O2/c1-13(2)11-15(17(23)21-9-7-20(3)8-10-21)19-16(22)14-5-4-6-18-12-14/h4-6,12-13,15H,7-11H2,1-3H3,(H,19,22)/t15-/m0/s1. The Morgan fingerprint density at radius 3 is 2.52 bits per heavy atom. The third-order valence-electron chi connectivity index (χ3n) is 4.05. The Hall–Kier alpha value is -1.95. The molecule has 6 heteroatoms. The van der Waals surface area contributed by atoms with Crippen molar-refractivity contribution < 1.29 is 9.59 Å². The van der Waals surface area contributed by atoms with Crippen LogP contribution in [0.3, 0.4) is 0 Å². The first-order chi connectivity index (χ1) is 11.0.